The van der Waals surface area contributed by atoms with Crippen LogP contribution in [0.1, 0.15) is 166 Å². The molecule has 0 N–H and O–H groups in total. The van der Waals surface area contributed by atoms with Crippen LogP contribution in [-0.2, 0) is 18.4 Å². The fourth-order valence-corrected chi connectivity index (χ4v) is 7.07. The molecular formula is C41H64N2. The van der Waals surface area contributed by atoms with Crippen molar-refractivity contribution in [3.63, 3.8) is 0 Å². The van der Waals surface area contributed by atoms with Crippen molar-refractivity contribution in [1.29, 1.82) is 0 Å². The number of rotatable bonds is 25. The van der Waals surface area contributed by atoms with Crippen LogP contribution in [0, 0.1) is 0 Å². The third kappa shape index (κ3) is 12.7. The SMILES string of the molecule is CCCCCCCCCCCCCCCn1ccnc1C(CCCCCCC)C(C)(Cc1ccccc1)c1ccccc1. The number of unbranched alkanes of at least 4 members (excludes halogenated alkanes) is 16. The molecule has 0 saturated heterocycles. The van der Waals surface area contributed by atoms with Crippen LogP contribution in [0.4, 0.5) is 0 Å². The molecule has 0 radical (unpaired) electrons. The fourth-order valence-electron chi connectivity index (χ4n) is 7.07. The Morgan fingerprint density at radius 2 is 1.09 bits per heavy atom. The molecule has 0 fully saturated rings. The third-order valence-electron chi connectivity index (χ3n) is 9.77. The van der Waals surface area contributed by atoms with Gasteiger partial charge in [-0.1, -0.05) is 191 Å². The number of nitrogens with zero attached hydrogens (tertiary/aromatic N) is 2. The highest BCUT2D eigenvalue weighted by molar-refractivity contribution is 5.33. The Bertz CT molecular complexity index is 1060. The molecule has 2 atom stereocenters. The molecule has 2 unspecified atom stereocenters. The lowest BCUT2D eigenvalue weighted by molar-refractivity contribution is 0.321. The van der Waals surface area contributed by atoms with Crippen molar-refractivity contribution in [3.05, 3.63) is 90.0 Å². The van der Waals surface area contributed by atoms with Crippen LogP contribution in [0.15, 0.2) is 73.1 Å². The highest BCUT2D eigenvalue weighted by Crippen LogP contribution is 2.44. The minimum absolute atomic E-state index is 0.0214. The fraction of sp³-hybridized carbons (Fsp3) is 0.634. The molecule has 3 rings (SSSR count). The van der Waals surface area contributed by atoms with Gasteiger partial charge in [-0.15, -0.1) is 0 Å². The van der Waals surface area contributed by atoms with Crippen LogP contribution in [0.25, 0.3) is 0 Å². The molecule has 2 aromatic carbocycles. The Morgan fingerprint density at radius 3 is 1.65 bits per heavy atom. The minimum Gasteiger partial charge on any atom is -0.335 e. The van der Waals surface area contributed by atoms with Gasteiger partial charge >= 0.3 is 0 Å². The second-order valence-electron chi connectivity index (χ2n) is 13.4. The largest absolute Gasteiger partial charge is 0.335 e. The molecule has 0 aliphatic heterocycles. The van der Waals surface area contributed by atoms with Crippen LogP contribution in [-0.4, -0.2) is 9.55 Å². The Morgan fingerprint density at radius 1 is 0.605 bits per heavy atom. The lowest BCUT2D eigenvalue weighted by Crippen LogP contribution is -2.35. The number of aromatic nitrogens is 2. The van der Waals surface area contributed by atoms with Gasteiger partial charge in [-0.05, 0) is 30.4 Å². The van der Waals surface area contributed by atoms with Gasteiger partial charge < -0.3 is 4.57 Å². The molecule has 1 heterocycles. The van der Waals surface area contributed by atoms with Crippen LogP contribution in [0.2, 0.25) is 0 Å². The molecule has 0 aliphatic carbocycles. The second kappa shape index (κ2) is 21.4. The molecule has 0 spiro atoms. The maximum Gasteiger partial charge on any atom is 0.112 e. The first-order valence-corrected chi connectivity index (χ1v) is 18.3. The van der Waals surface area contributed by atoms with Crippen LogP contribution < -0.4 is 0 Å². The van der Waals surface area contributed by atoms with E-state index >= 15 is 0 Å². The van der Waals surface area contributed by atoms with E-state index in [0.29, 0.717) is 5.92 Å². The van der Waals surface area contributed by atoms with E-state index in [4.69, 9.17) is 4.98 Å². The summed E-state index contributed by atoms with van der Waals surface area (Å²) in [7, 11) is 0. The predicted octanol–water partition coefficient (Wildman–Crippen LogP) is 12.6. The van der Waals surface area contributed by atoms with Crippen molar-refractivity contribution in [2.24, 2.45) is 0 Å². The normalized spacial score (nSPS) is 13.7. The lowest BCUT2D eigenvalue weighted by atomic mass is 9.66. The molecule has 0 bridgehead atoms. The van der Waals surface area contributed by atoms with Crippen molar-refractivity contribution in [1.82, 2.24) is 9.55 Å². The number of hydrogen-bond donors (Lipinski definition) is 0. The van der Waals surface area contributed by atoms with Gasteiger partial charge in [-0.3, -0.25) is 0 Å². The molecule has 0 saturated carbocycles. The van der Waals surface area contributed by atoms with Gasteiger partial charge in [0.2, 0.25) is 0 Å². The highest BCUT2D eigenvalue weighted by atomic mass is 15.1. The van der Waals surface area contributed by atoms with E-state index < -0.39 is 0 Å². The summed E-state index contributed by atoms with van der Waals surface area (Å²) in [6.45, 7) is 8.21. The molecule has 2 nitrogen and oxygen atoms in total. The van der Waals surface area contributed by atoms with Crippen LogP contribution in [0.3, 0.4) is 0 Å². The first-order chi connectivity index (χ1) is 21.2. The minimum atomic E-state index is -0.0214. The summed E-state index contributed by atoms with van der Waals surface area (Å²) in [5.74, 6) is 1.69. The van der Waals surface area contributed by atoms with E-state index in [9.17, 15) is 0 Å². The summed E-state index contributed by atoms with van der Waals surface area (Å²) in [4.78, 5) is 5.11. The molecule has 43 heavy (non-hydrogen) atoms. The van der Waals surface area contributed by atoms with Crippen molar-refractivity contribution in [2.75, 3.05) is 0 Å². The molecular weight excluding hydrogens is 520 g/mol. The Balaban J connectivity index is 1.61. The summed E-state index contributed by atoms with van der Waals surface area (Å²) in [6.07, 6.45) is 31.3. The molecule has 238 valence electrons. The van der Waals surface area contributed by atoms with Gasteiger partial charge in [0.15, 0.2) is 0 Å². The molecule has 1 aromatic heterocycles. The topological polar surface area (TPSA) is 17.8 Å². The number of imidazole rings is 1. The zero-order chi connectivity index (χ0) is 30.4. The summed E-state index contributed by atoms with van der Waals surface area (Å²) in [5.41, 5.74) is 2.83. The molecule has 3 aromatic rings. The Hall–Kier alpha value is -2.35. The lowest BCUT2D eigenvalue weighted by Gasteiger charge is -2.39. The van der Waals surface area contributed by atoms with E-state index in [2.05, 4.69) is 98.4 Å². The quantitative estimate of drug-likeness (QED) is 0.0906. The Kier molecular flexibility index (Phi) is 17.5. The maximum absolute atomic E-state index is 5.11. The molecule has 0 amide bonds. The van der Waals surface area contributed by atoms with E-state index in [0.717, 1.165) is 13.0 Å². The zero-order valence-electron chi connectivity index (χ0n) is 28.2. The average Bonchev–Trinajstić information content (AvgIpc) is 3.50. The Labute approximate surface area is 266 Å². The van der Waals surface area contributed by atoms with Crippen LogP contribution in [0.5, 0.6) is 0 Å². The van der Waals surface area contributed by atoms with E-state index in [-0.39, 0.29) is 5.41 Å². The standard InChI is InChI=1S/C41H64N2/c1-4-6-8-10-11-12-13-14-15-16-17-19-27-34-43-35-33-42-40(43)39(32-26-18-9-7-5-2)41(3,38-30-24-21-25-31-38)36-37-28-22-20-23-29-37/h20-25,28-31,33,35,39H,4-19,26-27,32,34,36H2,1-3H3. The number of aryl methyl sites for hydroxylation is 1. The van der Waals surface area contributed by atoms with Gasteiger partial charge in [0.25, 0.3) is 0 Å². The first kappa shape index (κ1) is 35.1. The average molecular weight is 585 g/mol. The summed E-state index contributed by atoms with van der Waals surface area (Å²) < 4.78 is 2.52. The van der Waals surface area contributed by atoms with Crippen molar-refractivity contribution in [2.45, 2.75) is 167 Å². The smallest absolute Gasteiger partial charge is 0.112 e. The maximum atomic E-state index is 5.11. The monoisotopic (exact) mass is 585 g/mol. The molecule has 0 aliphatic rings. The van der Waals surface area contributed by atoms with Gasteiger partial charge in [0.1, 0.15) is 5.82 Å². The first-order valence-electron chi connectivity index (χ1n) is 18.3. The number of hydrogen-bond acceptors (Lipinski definition) is 1. The second-order valence-corrected chi connectivity index (χ2v) is 13.4. The highest BCUT2D eigenvalue weighted by Gasteiger charge is 2.39. The van der Waals surface area contributed by atoms with Crippen molar-refractivity contribution in [3.8, 4) is 0 Å². The summed E-state index contributed by atoms with van der Waals surface area (Å²) in [5, 5.41) is 0. The zero-order valence-corrected chi connectivity index (χ0v) is 28.2. The van der Waals surface area contributed by atoms with Gasteiger partial charge in [0.05, 0.1) is 0 Å². The van der Waals surface area contributed by atoms with Crippen molar-refractivity contribution >= 4 is 0 Å². The van der Waals surface area contributed by atoms with Crippen molar-refractivity contribution < 1.29 is 0 Å². The third-order valence-corrected chi connectivity index (χ3v) is 9.77. The van der Waals surface area contributed by atoms with Crippen LogP contribution >= 0.6 is 0 Å². The van der Waals surface area contributed by atoms with Gasteiger partial charge in [-0.2, -0.15) is 0 Å². The van der Waals surface area contributed by atoms with Gasteiger partial charge in [0, 0.05) is 30.3 Å². The van der Waals surface area contributed by atoms with E-state index in [1.54, 1.807) is 0 Å². The summed E-state index contributed by atoms with van der Waals surface area (Å²) >= 11 is 0. The predicted molar refractivity (Wildman–Crippen MR) is 188 cm³/mol. The molecule has 2 heteroatoms. The number of benzene rings is 2. The summed E-state index contributed by atoms with van der Waals surface area (Å²) in [6, 6.07) is 22.4. The van der Waals surface area contributed by atoms with E-state index in [1.807, 2.05) is 0 Å². The van der Waals surface area contributed by atoms with Gasteiger partial charge in [-0.25, -0.2) is 4.98 Å². The van der Waals surface area contributed by atoms with E-state index in [1.165, 1.54) is 139 Å².